The number of carbonyl (C=O) groups excluding carboxylic acids is 2. The van der Waals surface area contributed by atoms with Gasteiger partial charge in [0.1, 0.15) is 5.82 Å². The molecule has 0 bridgehead atoms. The fourth-order valence-electron chi connectivity index (χ4n) is 3.53. The minimum atomic E-state index is -0.374. The van der Waals surface area contributed by atoms with Gasteiger partial charge in [0, 0.05) is 29.9 Å². The highest BCUT2D eigenvalue weighted by molar-refractivity contribution is 6.06. The van der Waals surface area contributed by atoms with Crippen LogP contribution in [-0.4, -0.2) is 24.9 Å². The Morgan fingerprint density at radius 2 is 1.47 bits per heavy atom. The lowest BCUT2D eigenvalue weighted by molar-refractivity contribution is 0.0943. The van der Waals surface area contributed by atoms with Crippen LogP contribution >= 0.6 is 0 Å². The number of hydrogen-bond donors (Lipinski definition) is 1. The van der Waals surface area contributed by atoms with Crippen LogP contribution in [0.2, 0.25) is 0 Å². The molecular weight excluding hydrogens is 403 g/mol. The molecule has 4 aromatic carbocycles. The second-order valence-corrected chi connectivity index (χ2v) is 7.62. The SMILES string of the molecule is Cc1ccc(C(=O)N(CCNC(=O)c2ccc3ccccc3c2)c2ccc(F)cc2)cc1. The van der Waals surface area contributed by atoms with Gasteiger partial charge in [-0.2, -0.15) is 0 Å². The van der Waals surface area contributed by atoms with E-state index < -0.39 is 0 Å². The summed E-state index contributed by atoms with van der Waals surface area (Å²) in [6.07, 6.45) is 0. The largest absolute Gasteiger partial charge is 0.350 e. The van der Waals surface area contributed by atoms with E-state index in [9.17, 15) is 14.0 Å². The first kappa shape index (κ1) is 21.2. The van der Waals surface area contributed by atoms with Gasteiger partial charge in [-0.3, -0.25) is 9.59 Å². The summed E-state index contributed by atoms with van der Waals surface area (Å²) >= 11 is 0. The number of benzene rings is 4. The van der Waals surface area contributed by atoms with Crippen molar-refractivity contribution in [2.45, 2.75) is 6.92 Å². The molecule has 0 atom stereocenters. The third kappa shape index (κ3) is 4.83. The second-order valence-electron chi connectivity index (χ2n) is 7.62. The van der Waals surface area contributed by atoms with Gasteiger partial charge in [-0.15, -0.1) is 0 Å². The third-order valence-electron chi connectivity index (χ3n) is 5.31. The molecule has 0 spiro atoms. The summed E-state index contributed by atoms with van der Waals surface area (Å²) < 4.78 is 13.4. The van der Waals surface area contributed by atoms with E-state index in [4.69, 9.17) is 0 Å². The lowest BCUT2D eigenvalue weighted by Gasteiger charge is -2.23. The average Bonchev–Trinajstić information content (AvgIpc) is 2.82. The maximum absolute atomic E-state index is 13.4. The molecule has 0 saturated carbocycles. The number of nitrogens with one attached hydrogen (secondary N) is 1. The lowest BCUT2D eigenvalue weighted by atomic mass is 10.1. The van der Waals surface area contributed by atoms with Gasteiger partial charge in [0.2, 0.25) is 0 Å². The number of anilines is 1. The number of aryl methyl sites for hydroxylation is 1. The normalized spacial score (nSPS) is 10.7. The molecule has 0 aliphatic heterocycles. The van der Waals surface area contributed by atoms with Crippen molar-refractivity contribution in [1.29, 1.82) is 0 Å². The zero-order valence-electron chi connectivity index (χ0n) is 17.7. The molecule has 0 saturated heterocycles. The topological polar surface area (TPSA) is 49.4 Å². The first-order valence-corrected chi connectivity index (χ1v) is 10.4. The van der Waals surface area contributed by atoms with E-state index in [1.165, 1.54) is 12.1 Å². The van der Waals surface area contributed by atoms with Crippen molar-refractivity contribution in [1.82, 2.24) is 5.32 Å². The second kappa shape index (κ2) is 9.43. The minimum Gasteiger partial charge on any atom is -0.350 e. The Bertz CT molecular complexity index is 1250. The van der Waals surface area contributed by atoms with E-state index in [2.05, 4.69) is 5.32 Å². The molecule has 0 heterocycles. The molecule has 4 nitrogen and oxygen atoms in total. The van der Waals surface area contributed by atoms with Crippen LogP contribution in [-0.2, 0) is 0 Å². The van der Waals surface area contributed by atoms with E-state index in [0.717, 1.165) is 16.3 Å². The quantitative estimate of drug-likeness (QED) is 0.451. The summed E-state index contributed by atoms with van der Waals surface area (Å²) in [6.45, 7) is 2.45. The Hall–Kier alpha value is -3.99. The summed E-state index contributed by atoms with van der Waals surface area (Å²) in [5.41, 5.74) is 2.71. The molecule has 32 heavy (non-hydrogen) atoms. The van der Waals surface area contributed by atoms with Gasteiger partial charge in [-0.25, -0.2) is 4.39 Å². The van der Waals surface area contributed by atoms with Crippen LogP contribution in [0.3, 0.4) is 0 Å². The van der Waals surface area contributed by atoms with Gasteiger partial charge >= 0.3 is 0 Å². The first-order valence-electron chi connectivity index (χ1n) is 10.4. The summed E-state index contributed by atoms with van der Waals surface area (Å²) in [5, 5.41) is 4.94. The number of amides is 2. The van der Waals surface area contributed by atoms with Crippen molar-refractivity contribution >= 4 is 28.3 Å². The Morgan fingerprint density at radius 3 is 2.19 bits per heavy atom. The Kier molecular flexibility index (Phi) is 6.26. The third-order valence-corrected chi connectivity index (χ3v) is 5.31. The Morgan fingerprint density at radius 1 is 0.812 bits per heavy atom. The number of fused-ring (bicyclic) bond motifs is 1. The molecule has 0 aliphatic carbocycles. The summed E-state index contributed by atoms with van der Waals surface area (Å²) in [5.74, 6) is -0.796. The van der Waals surface area contributed by atoms with Gasteiger partial charge < -0.3 is 10.2 Å². The minimum absolute atomic E-state index is 0.211. The van der Waals surface area contributed by atoms with E-state index >= 15 is 0 Å². The molecule has 2 amide bonds. The van der Waals surface area contributed by atoms with Crippen LogP contribution in [0, 0.1) is 12.7 Å². The van der Waals surface area contributed by atoms with Gasteiger partial charge in [0.25, 0.3) is 11.8 Å². The predicted molar refractivity (Wildman–Crippen MR) is 126 cm³/mol. The van der Waals surface area contributed by atoms with Gasteiger partial charge in [-0.1, -0.05) is 48.0 Å². The maximum atomic E-state index is 13.4. The van der Waals surface area contributed by atoms with Gasteiger partial charge in [0.15, 0.2) is 0 Å². The summed E-state index contributed by atoms with van der Waals surface area (Å²) in [6, 6.07) is 26.4. The van der Waals surface area contributed by atoms with Gasteiger partial charge in [-0.05, 0) is 66.2 Å². The number of carbonyl (C=O) groups is 2. The average molecular weight is 426 g/mol. The van der Waals surface area contributed by atoms with Crippen molar-refractivity contribution < 1.29 is 14.0 Å². The lowest BCUT2D eigenvalue weighted by Crippen LogP contribution is -2.38. The van der Waals surface area contributed by atoms with E-state index in [-0.39, 0.29) is 30.7 Å². The zero-order chi connectivity index (χ0) is 22.5. The van der Waals surface area contributed by atoms with Crippen LogP contribution in [0.4, 0.5) is 10.1 Å². The van der Waals surface area contributed by atoms with Crippen molar-refractivity contribution in [2.24, 2.45) is 0 Å². The molecule has 4 aromatic rings. The monoisotopic (exact) mass is 426 g/mol. The van der Waals surface area contributed by atoms with Crippen LogP contribution < -0.4 is 10.2 Å². The molecule has 4 rings (SSSR count). The van der Waals surface area contributed by atoms with Gasteiger partial charge in [0.05, 0.1) is 0 Å². The van der Waals surface area contributed by atoms with Crippen molar-refractivity contribution in [2.75, 3.05) is 18.0 Å². The highest BCUT2D eigenvalue weighted by atomic mass is 19.1. The number of rotatable bonds is 6. The summed E-state index contributed by atoms with van der Waals surface area (Å²) in [4.78, 5) is 27.4. The smallest absolute Gasteiger partial charge is 0.258 e. The zero-order valence-corrected chi connectivity index (χ0v) is 17.7. The van der Waals surface area contributed by atoms with Crippen LogP contribution in [0.15, 0.2) is 91.0 Å². The van der Waals surface area contributed by atoms with Crippen molar-refractivity contribution in [3.63, 3.8) is 0 Å². The van der Waals surface area contributed by atoms with Crippen molar-refractivity contribution in [3.05, 3.63) is 114 Å². The van der Waals surface area contributed by atoms with Crippen LogP contribution in [0.1, 0.15) is 26.3 Å². The van der Waals surface area contributed by atoms with E-state index in [0.29, 0.717) is 16.8 Å². The molecule has 0 radical (unpaired) electrons. The van der Waals surface area contributed by atoms with Crippen molar-refractivity contribution in [3.8, 4) is 0 Å². The molecule has 0 aliphatic rings. The molecule has 1 N–H and O–H groups in total. The molecule has 160 valence electrons. The molecular formula is C27H23FN2O2. The maximum Gasteiger partial charge on any atom is 0.258 e. The molecule has 0 fully saturated rings. The Labute approximate surface area is 186 Å². The Balaban J connectivity index is 1.49. The fraction of sp³-hybridized carbons (Fsp3) is 0.111. The highest BCUT2D eigenvalue weighted by Gasteiger charge is 2.18. The molecule has 0 aromatic heterocycles. The predicted octanol–water partition coefficient (Wildman–Crippen LogP) is 5.36. The highest BCUT2D eigenvalue weighted by Crippen LogP contribution is 2.19. The van der Waals surface area contributed by atoms with E-state index in [1.807, 2.05) is 55.5 Å². The fourth-order valence-corrected chi connectivity index (χ4v) is 3.53. The van der Waals surface area contributed by atoms with Crippen LogP contribution in [0.25, 0.3) is 10.8 Å². The first-order chi connectivity index (χ1) is 15.5. The van der Waals surface area contributed by atoms with Crippen LogP contribution in [0.5, 0.6) is 0 Å². The summed E-state index contributed by atoms with van der Waals surface area (Å²) in [7, 11) is 0. The van der Waals surface area contributed by atoms with E-state index in [1.54, 1.807) is 35.2 Å². The molecule has 0 unspecified atom stereocenters. The number of hydrogen-bond acceptors (Lipinski definition) is 2. The number of nitrogens with zero attached hydrogens (tertiary/aromatic N) is 1. The molecule has 5 heteroatoms. The number of halogens is 1. The standard InChI is InChI=1S/C27H23FN2O2/c1-19-6-8-21(9-7-19)27(32)30(25-14-12-24(28)13-15-25)17-16-29-26(31)23-11-10-20-4-2-3-5-22(20)18-23/h2-15,18H,16-17H2,1H3,(H,29,31).